The number of carbonyl (C=O) groups is 2. The molecule has 35 heavy (non-hydrogen) atoms. The van der Waals surface area contributed by atoms with Gasteiger partial charge >= 0.3 is 5.97 Å². The Balaban J connectivity index is 1.61. The van der Waals surface area contributed by atoms with Gasteiger partial charge in [-0.3, -0.25) is 9.59 Å². The molecule has 4 fully saturated rings. The zero-order valence-corrected chi connectivity index (χ0v) is 23.4. The van der Waals surface area contributed by atoms with E-state index in [9.17, 15) is 14.7 Å². The molecule has 4 nitrogen and oxygen atoms in total. The predicted octanol–water partition coefficient (Wildman–Crippen LogP) is 6.50. The molecule has 4 heteroatoms. The number of hydrogen-bond donors (Lipinski definition) is 1. The van der Waals surface area contributed by atoms with Crippen LogP contribution >= 0.6 is 0 Å². The molecule has 4 saturated carbocycles. The largest absolute Gasteiger partial charge is 0.469 e. The van der Waals surface area contributed by atoms with Gasteiger partial charge in [0.2, 0.25) is 0 Å². The van der Waals surface area contributed by atoms with E-state index < -0.39 is 5.41 Å². The Morgan fingerprint density at radius 2 is 1.60 bits per heavy atom. The van der Waals surface area contributed by atoms with Gasteiger partial charge in [0.1, 0.15) is 0 Å². The number of carbonyl (C=O) groups excluding carboxylic acids is 2. The average Bonchev–Trinajstić information content (AvgIpc) is 2.78. The number of esters is 1. The number of aliphatic hydroxyl groups excluding tert-OH is 1. The highest BCUT2D eigenvalue weighted by Crippen LogP contribution is 2.75. The summed E-state index contributed by atoms with van der Waals surface area (Å²) in [5.41, 5.74) is 0.590. The van der Waals surface area contributed by atoms with E-state index in [1.165, 1.54) is 12.7 Å². The van der Waals surface area contributed by atoms with Gasteiger partial charge in [-0.25, -0.2) is 0 Å². The van der Waals surface area contributed by atoms with Crippen LogP contribution in [0.2, 0.25) is 0 Å². The summed E-state index contributed by atoms with van der Waals surface area (Å²) < 4.78 is 5.25. The van der Waals surface area contributed by atoms with Gasteiger partial charge in [0.05, 0.1) is 18.6 Å². The number of fused-ring (bicyclic) bond motifs is 7. The number of allylic oxidation sites excluding steroid dienone is 2. The number of aliphatic hydroxyl groups is 1. The Labute approximate surface area is 212 Å². The lowest BCUT2D eigenvalue weighted by atomic mass is 9.33. The minimum absolute atomic E-state index is 0.00536. The monoisotopic (exact) mass is 484 g/mol. The van der Waals surface area contributed by atoms with E-state index in [-0.39, 0.29) is 51.0 Å². The van der Waals surface area contributed by atoms with E-state index >= 15 is 0 Å². The minimum atomic E-state index is -0.480. The van der Waals surface area contributed by atoms with E-state index in [4.69, 9.17) is 4.74 Å². The summed E-state index contributed by atoms with van der Waals surface area (Å²) in [6, 6.07) is 0. The summed E-state index contributed by atoms with van der Waals surface area (Å²) in [4.78, 5) is 27.1. The molecule has 5 aliphatic carbocycles. The first-order valence-electron chi connectivity index (χ1n) is 14.1. The lowest BCUT2D eigenvalue weighted by Crippen LogP contribution is -2.66. The van der Waals surface area contributed by atoms with E-state index in [0.717, 1.165) is 57.8 Å². The first kappa shape index (κ1) is 25.5. The lowest BCUT2D eigenvalue weighted by Gasteiger charge is -2.70. The smallest absolute Gasteiger partial charge is 0.311 e. The Bertz CT molecular complexity index is 980. The lowest BCUT2D eigenvalue weighted by molar-refractivity contribution is -0.202. The maximum atomic E-state index is 14.3. The van der Waals surface area contributed by atoms with Crippen molar-refractivity contribution in [2.75, 3.05) is 7.11 Å². The molecule has 5 rings (SSSR count). The first-order valence-corrected chi connectivity index (χ1v) is 14.1. The van der Waals surface area contributed by atoms with Crippen LogP contribution in [0.3, 0.4) is 0 Å². The Kier molecular flexibility index (Phi) is 5.43. The van der Waals surface area contributed by atoms with Crippen molar-refractivity contribution in [3.05, 3.63) is 11.6 Å². The van der Waals surface area contributed by atoms with E-state index in [0.29, 0.717) is 11.7 Å². The number of ether oxygens (including phenoxy) is 1. The summed E-state index contributed by atoms with van der Waals surface area (Å²) in [5, 5.41) is 10.9. The molecular weight excluding hydrogens is 436 g/mol. The first-order chi connectivity index (χ1) is 16.1. The maximum Gasteiger partial charge on any atom is 0.311 e. The van der Waals surface area contributed by atoms with Crippen LogP contribution in [0.25, 0.3) is 0 Å². The quantitative estimate of drug-likeness (QED) is 0.431. The molecule has 0 aromatic carbocycles. The van der Waals surface area contributed by atoms with Gasteiger partial charge in [-0.1, -0.05) is 47.1 Å². The molecule has 0 radical (unpaired) electrons. The van der Waals surface area contributed by atoms with Crippen molar-refractivity contribution < 1.29 is 19.4 Å². The normalized spacial score (nSPS) is 52.8. The maximum absolute atomic E-state index is 14.3. The molecule has 0 aromatic rings. The third-order valence-corrected chi connectivity index (χ3v) is 13.2. The van der Waals surface area contributed by atoms with Crippen LogP contribution in [-0.4, -0.2) is 30.1 Å². The van der Waals surface area contributed by atoms with Crippen LogP contribution in [0.5, 0.6) is 0 Å². The molecule has 0 aromatic heterocycles. The number of ketones is 1. The second-order valence-electron chi connectivity index (χ2n) is 15.1. The summed E-state index contributed by atoms with van der Waals surface area (Å²) in [6.45, 7) is 16.2. The highest BCUT2D eigenvalue weighted by Gasteiger charge is 2.70. The number of methoxy groups -OCH3 is 1. The third-order valence-electron chi connectivity index (χ3n) is 13.2. The third kappa shape index (κ3) is 3.07. The van der Waals surface area contributed by atoms with Crippen molar-refractivity contribution in [3.63, 3.8) is 0 Å². The van der Waals surface area contributed by atoms with Gasteiger partial charge in [0.25, 0.3) is 0 Å². The van der Waals surface area contributed by atoms with Gasteiger partial charge < -0.3 is 9.84 Å². The van der Waals surface area contributed by atoms with Crippen molar-refractivity contribution in [3.8, 4) is 0 Å². The van der Waals surface area contributed by atoms with Crippen LogP contribution in [0.1, 0.15) is 106 Å². The van der Waals surface area contributed by atoms with Crippen LogP contribution in [0.15, 0.2) is 11.6 Å². The van der Waals surface area contributed by atoms with Crippen LogP contribution in [-0.2, 0) is 14.3 Å². The molecular formula is C31H48O4. The fourth-order valence-corrected chi connectivity index (χ4v) is 10.6. The highest BCUT2D eigenvalue weighted by atomic mass is 16.5. The van der Waals surface area contributed by atoms with Crippen molar-refractivity contribution >= 4 is 11.8 Å². The molecule has 0 aliphatic heterocycles. The SMILES string of the molecule is COC(=O)[C@]1(C)CC[C@]2(C)CC[C@]3(C)C(=CC(=O)[C@@H]4[C@@]5(C)CCC(O)C(C)(C)[C@@H]5CC[C@]43C)[C@@H]2C1. The molecule has 1 N–H and O–H groups in total. The van der Waals surface area contributed by atoms with Crippen LogP contribution in [0.4, 0.5) is 0 Å². The molecule has 0 amide bonds. The van der Waals surface area contributed by atoms with E-state index in [1.54, 1.807) is 0 Å². The molecule has 9 atom stereocenters. The Morgan fingerprint density at radius 3 is 2.26 bits per heavy atom. The fraction of sp³-hybridized carbons (Fsp3) is 0.871. The van der Waals surface area contributed by atoms with Gasteiger partial charge in [-0.2, -0.15) is 0 Å². The van der Waals surface area contributed by atoms with E-state index in [2.05, 4.69) is 54.5 Å². The summed E-state index contributed by atoms with van der Waals surface area (Å²) >= 11 is 0. The van der Waals surface area contributed by atoms with Gasteiger partial charge in [-0.05, 0) is 110 Å². The number of hydrogen-bond acceptors (Lipinski definition) is 4. The van der Waals surface area contributed by atoms with Crippen LogP contribution in [0, 0.1) is 50.2 Å². The number of rotatable bonds is 1. The molecule has 0 bridgehead atoms. The van der Waals surface area contributed by atoms with Crippen molar-refractivity contribution in [2.24, 2.45) is 50.2 Å². The second-order valence-corrected chi connectivity index (χ2v) is 15.1. The van der Waals surface area contributed by atoms with Crippen molar-refractivity contribution in [2.45, 2.75) is 112 Å². The highest BCUT2D eigenvalue weighted by molar-refractivity contribution is 5.95. The minimum Gasteiger partial charge on any atom is -0.469 e. The fourth-order valence-electron chi connectivity index (χ4n) is 10.6. The molecule has 0 spiro atoms. The molecule has 5 aliphatic rings. The zero-order valence-electron chi connectivity index (χ0n) is 23.4. The molecule has 0 saturated heterocycles. The van der Waals surface area contributed by atoms with Crippen molar-refractivity contribution in [1.29, 1.82) is 0 Å². The van der Waals surface area contributed by atoms with E-state index in [1.807, 2.05) is 0 Å². The zero-order chi connectivity index (χ0) is 25.8. The summed E-state index contributed by atoms with van der Waals surface area (Å²) in [7, 11) is 1.50. The van der Waals surface area contributed by atoms with Crippen LogP contribution < -0.4 is 0 Å². The van der Waals surface area contributed by atoms with Crippen molar-refractivity contribution in [1.82, 2.24) is 0 Å². The second kappa shape index (κ2) is 7.45. The predicted molar refractivity (Wildman–Crippen MR) is 137 cm³/mol. The molecule has 196 valence electrons. The Morgan fingerprint density at radius 1 is 0.943 bits per heavy atom. The Hall–Kier alpha value is -1.16. The average molecular weight is 485 g/mol. The standard InChI is InChI=1S/C31H48O4/c1-26(2)22-9-12-31(7)24(29(22,5)11-10-23(26)33)21(32)17-19-20-18-28(4,25(34)35-8)14-13-27(20,3)15-16-30(19,31)6/h17,20,22-24,33H,9-16,18H2,1-8H3/t20-,22-,23?,24+,27+,28+,29-,30+,31+/m0/s1. The van der Waals surface area contributed by atoms with Gasteiger partial charge in [-0.15, -0.1) is 0 Å². The summed E-state index contributed by atoms with van der Waals surface area (Å²) in [5.74, 6) is 0.805. The topological polar surface area (TPSA) is 63.6 Å². The van der Waals surface area contributed by atoms with Gasteiger partial charge in [0, 0.05) is 5.92 Å². The summed E-state index contributed by atoms with van der Waals surface area (Å²) in [6.07, 6.45) is 10.5. The van der Waals surface area contributed by atoms with Gasteiger partial charge in [0.15, 0.2) is 5.78 Å². The molecule has 0 heterocycles. The molecule has 1 unspecified atom stereocenters.